The van der Waals surface area contributed by atoms with Crippen LogP contribution in [0.2, 0.25) is 0 Å². The van der Waals surface area contributed by atoms with E-state index in [1.165, 1.54) is 0 Å². The topological polar surface area (TPSA) is 218 Å². The third-order valence-electron chi connectivity index (χ3n) is 4.83. The van der Waals surface area contributed by atoms with Crippen molar-refractivity contribution in [3.63, 3.8) is 0 Å². The average molecular weight is 476 g/mol. The molecule has 0 saturated heterocycles. The zero-order valence-corrected chi connectivity index (χ0v) is 18.5. The van der Waals surface area contributed by atoms with Crippen LogP contribution >= 0.6 is 0 Å². The number of carbonyl (C=O) groups excluding carboxylic acids is 2. The molecule has 1 atom stereocenters. The summed E-state index contributed by atoms with van der Waals surface area (Å²) in [5.74, 6) is -2.99. The van der Waals surface area contributed by atoms with Gasteiger partial charge in [-0.3, -0.25) is 19.1 Å². The number of amides is 2. The number of nitrogens with two attached hydrogens (primary N) is 2. The summed E-state index contributed by atoms with van der Waals surface area (Å²) >= 11 is 0. The number of carbonyl (C=O) groups is 3. The molecule has 0 aliphatic carbocycles. The van der Waals surface area contributed by atoms with Gasteiger partial charge in [0.05, 0.1) is 5.69 Å². The van der Waals surface area contributed by atoms with Crippen molar-refractivity contribution in [3.05, 3.63) is 52.1 Å². The number of benzene rings is 1. The number of aromatic hydroxyl groups is 1. The van der Waals surface area contributed by atoms with E-state index in [1.807, 2.05) is 30.3 Å². The summed E-state index contributed by atoms with van der Waals surface area (Å²) in [7, 11) is 0. The number of aliphatic imine (C=N–C) groups is 1. The van der Waals surface area contributed by atoms with E-state index in [9.17, 15) is 29.4 Å². The van der Waals surface area contributed by atoms with Crippen molar-refractivity contribution in [2.75, 3.05) is 13.1 Å². The molecule has 1 aromatic carbocycles. The van der Waals surface area contributed by atoms with Gasteiger partial charge in [-0.2, -0.15) is 0 Å². The van der Waals surface area contributed by atoms with Gasteiger partial charge in [-0.05, 0) is 24.8 Å². The van der Waals surface area contributed by atoms with Crippen molar-refractivity contribution in [2.24, 2.45) is 16.5 Å². The van der Waals surface area contributed by atoms with Crippen LogP contribution in [0.5, 0.6) is 5.88 Å². The van der Waals surface area contributed by atoms with Crippen LogP contribution in [0.25, 0.3) is 0 Å². The zero-order valence-electron chi connectivity index (χ0n) is 18.5. The fraction of sp³-hybridized carbons (Fsp3) is 0.381. The number of aryl methyl sites for hydroxylation is 2. The third-order valence-corrected chi connectivity index (χ3v) is 4.83. The third kappa shape index (κ3) is 8.33. The maximum atomic E-state index is 12.2. The van der Waals surface area contributed by atoms with Crippen molar-refractivity contribution in [1.29, 1.82) is 0 Å². The number of aliphatic carboxylic acids is 1. The number of imidazole rings is 1. The van der Waals surface area contributed by atoms with Crippen molar-refractivity contribution in [1.82, 2.24) is 20.2 Å². The van der Waals surface area contributed by atoms with Crippen molar-refractivity contribution < 1.29 is 24.6 Å². The van der Waals surface area contributed by atoms with E-state index in [-0.39, 0.29) is 24.5 Å². The second kappa shape index (κ2) is 12.7. The van der Waals surface area contributed by atoms with Crippen LogP contribution in [0, 0.1) is 0 Å². The molecule has 1 unspecified atom stereocenters. The van der Waals surface area contributed by atoms with Gasteiger partial charge in [-0.1, -0.05) is 30.3 Å². The van der Waals surface area contributed by atoms with Crippen molar-refractivity contribution in [2.45, 2.75) is 38.3 Å². The lowest BCUT2D eigenvalue weighted by Crippen LogP contribution is -2.49. The van der Waals surface area contributed by atoms with Crippen LogP contribution in [0.4, 0.5) is 0 Å². The maximum Gasteiger partial charge on any atom is 0.329 e. The van der Waals surface area contributed by atoms with E-state index in [0.717, 1.165) is 10.1 Å². The highest BCUT2D eigenvalue weighted by atomic mass is 16.4. The van der Waals surface area contributed by atoms with Gasteiger partial charge in [0.2, 0.25) is 17.7 Å². The molecule has 34 heavy (non-hydrogen) atoms. The van der Waals surface area contributed by atoms with Crippen LogP contribution in [-0.4, -0.2) is 62.6 Å². The van der Waals surface area contributed by atoms with E-state index in [1.54, 1.807) is 0 Å². The molecular weight excluding hydrogens is 446 g/mol. The molecule has 0 bridgehead atoms. The summed E-state index contributed by atoms with van der Waals surface area (Å²) in [6, 6.07) is 7.89. The monoisotopic (exact) mass is 475 g/mol. The highest BCUT2D eigenvalue weighted by molar-refractivity contribution is 5.84. The zero-order chi connectivity index (χ0) is 25.1. The number of rotatable bonds is 13. The van der Waals surface area contributed by atoms with Gasteiger partial charge in [0.15, 0.2) is 5.96 Å². The molecule has 13 heteroatoms. The van der Waals surface area contributed by atoms with Gasteiger partial charge >= 0.3 is 11.7 Å². The van der Waals surface area contributed by atoms with Crippen molar-refractivity contribution in [3.8, 4) is 5.88 Å². The molecule has 2 aromatic rings. The predicted molar refractivity (Wildman–Crippen MR) is 123 cm³/mol. The van der Waals surface area contributed by atoms with E-state index in [0.29, 0.717) is 19.4 Å². The van der Waals surface area contributed by atoms with Gasteiger partial charge in [0, 0.05) is 19.5 Å². The molecule has 13 nitrogen and oxygen atoms in total. The van der Waals surface area contributed by atoms with Crippen molar-refractivity contribution >= 4 is 23.7 Å². The van der Waals surface area contributed by atoms with Gasteiger partial charge in [-0.25, -0.2) is 9.59 Å². The number of guanidine groups is 1. The number of aromatic nitrogens is 2. The summed E-state index contributed by atoms with van der Waals surface area (Å²) in [5, 5.41) is 24.3. The molecule has 0 aliphatic rings. The molecule has 0 aliphatic heterocycles. The molecule has 184 valence electrons. The number of H-pyrrole nitrogens is 1. The Morgan fingerprint density at radius 1 is 1.12 bits per heavy atom. The van der Waals surface area contributed by atoms with Crippen LogP contribution in [-0.2, 0) is 33.8 Å². The summed E-state index contributed by atoms with van der Waals surface area (Å²) in [6.07, 6.45) is 1.24. The fourth-order valence-corrected chi connectivity index (χ4v) is 3.08. The normalized spacial score (nSPS) is 11.4. The smallest absolute Gasteiger partial charge is 0.329 e. The predicted octanol–water partition coefficient (Wildman–Crippen LogP) is -1.59. The number of carboxylic acid groups (broad SMARTS) is 1. The second-order valence-corrected chi connectivity index (χ2v) is 7.48. The first kappa shape index (κ1) is 26.0. The minimum absolute atomic E-state index is 0.0704. The highest BCUT2D eigenvalue weighted by Gasteiger charge is 2.22. The SMILES string of the molecule is NC(N)=NCCCc1[nH]c(=O)n(CC(=O)NCC(NC(=O)CCc2ccccc2)C(=O)O)c1O. The Balaban J connectivity index is 1.85. The fourth-order valence-electron chi connectivity index (χ4n) is 3.08. The lowest BCUT2D eigenvalue weighted by atomic mass is 10.1. The molecule has 2 rings (SSSR count). The Morgan fingerprint density at radius 2 is 1.82 bits per heavy atom. The number of hydrogen-bond donors (Lipinski definition) is 7. The summed E-state index contributed by atoms with van der Waals surface area (Å²) in [6.45, 7) is -0.636. The van der Waals surface area contributed by atoms with E-state index < -0.39 is 48.5 Å². The second-order valence-electron chi connectivity index (χ2n) is 7.48. The quantitative estimate of drug-likeness (QED) is 0.101. The Bertz CT molecular complexity index is 1070. The first-order valence-electron chi connectivity index (χ1n) is 10.6. The molecule has 0 radical (unpaired) electrons. The van der Waals surface area contributed by atoms with Crippen LogP contribution in [0.3, 0.4) is 0 Å². The van der Waals surface area contributed by atoms with Gasteiger partial charge in [-0.15, -0.1) is 0 Å². The van der Waals surface area contributed by atoms with Crippen LogP contribution < -0.4 is 27.8 Å². The Labute approximate surface area is 194 Å². The van der Waals surface area contributed by atoms with Crippen LogP contribution in [0.1, 0.15) is 24.1 Å². The largest absolute Gasteiger partial charge is 0.493 e. The average Bonchev–Trinajstić information content (AvgIpc) is 3.06. The van der Waals surface area contributed by atoms with Gasteiger partial charge in [0.25, 0.3) is 0 Å². The summed E-state index contributed by atoms with van der Waals surface area (Å²) in [5.41, 5.74) is 10.9. The minimum atomic E-state index is -1.35. The van der Waals surface area contributed by atoms with Crippen LogP contribution in [0.15, 0.2) is 40.1 Å². The molecular formula is C21H29N7O6. The number of carboxylic acids is 1. The van der Waals surface area contributed by atoms with E-state index in [4.69, 9.17) is 11.5 Å². The summed E-state index contributed by atoms with van der Waals surface area (Å²) < 4.78 is 0.819. The number of nitrogens with one attached hydrogen (secondary N) is 3. The Kier molecular flexibility index (Phi) is 9.68. The lowest BCUT2D eigenvalue weighted by Gasteiger charge is -2.15. The standard InChI is InChI=1S/C21H29N7O6/c22-20(23)24-10-4-7-14-18(31)28(21(34)27-14)12-17(30)25-11-15(19(32)33)26-16(29)9-8-13-5-2-1-3-6-13/h1-3,5-6,15,31H,4,7-12H2,(H,25,30)(H,26,29)(H,27,34)(H,32,33)(H4,22,23,24). The molecule has 1 aromatic heterocycles. The molecule has 9 N–H and O–H groups in total. The molecule has 0 saturated carbocycles. The van der Waals surface area contributed by atoms with Gasteiger partial charge in [0.1, 0.15) is 12.6 Å². The first-order chi connectivity index (χ1) is 16.2. The molecule has 0 fully saturated rings. The van der Waals surface area contributed by atoms with E-state index in [2.05, 4.69) is 20.6 Å². The molecule has 2 amide bonds. The summed E-state index contributed by atoms with van der Waals surface area (Å²) in [4.78, 5) is 54.1. The lowest BCUT2D eigenvalue weighted by molar-refractivity contribution is -0.141. The maximum absolute atomic E-state index is 12.2. The first-order valence-corrected chi connectivity index (χ1v) is 10.6. The number of nitrogens with zero attached hydrogens (tertiary/aromatic N) is 2. The number of hydrogen-bond acceptors (Lipinski definition) is 6. The Morgan fingerprint density at radius 3 is 2.47 bits per heavy atom. The number of aromatic amines is 1. The highest BCUT2D eigenvalue weighted by Crippen LogP contribution is 2.14. The molecule has 1 heterocycles. The molecule has 0 spiro atoms. The Hall–Kier alpha value is -4.29. The minimum Gasteiger partial charge on any atom is -0.493 e. The van der Waals surface area contributed by atoms with Gasteiger partial charge < -0.3 is 37.3 Å². The van der Waals surface area contributed by atoms with E-state index >= 15 is 0 Å².